The van der Waals surface area contributed by atoms with Gasteiger partial charge in [-0.2, -0.15) is 4.98 Å². The summed E-state index contributed by atoms with van der Waals surface area (Å²) in [6.07, 6.45) is 0. The van der Waals surface area contributed by atoms with Gasteiger partial charge in [0, 0.05) is 5.39 Å². The van der Waals surface area contributed by atoms with E-state index in [2.05, 4.69) is 15.6 Å². The Morgan fingerprint density at radius 2 is 1.59 bits per heavy atom. The topological polar surface area (TPSA) is 76.0 Å². The standard InChI is InChI=1S/C22H17FN4O2/c23-17-11-5-7-13-19(17)24-21(28)26-20-16-10-4-6-12-18(16)25-22(29)27(20)14-15-8-2-1-3-9-15/h1-13H,14H2,(H2,24,26,28). The number of amides is 2. The second kappa shape index (κ2) is 7.93. The van der Waals surface area contributed by atoms with Crippen LogP contribution in [0.4, 0.5) is 20.7 Å². The number of carbonyl (C=O) groups is 1. The molecule has 7 heteroatoms. The molecular formula is C22H17FN4O2. The molecule has 0 bridgehead atoms. The molecule has 0 unspecified atom stereocenters. The summed E-state index contributed by atoms with van der Waals surface area (Å²) in [7, 11) is 0. The molecule has 0 saturated heterocycles. The molecule has 2 amide bonds. The first-order chi connectivity index (χ1) is 14.1. The highest BCUT2D eigenvalue weighted by Gasteiger charge is 2.15. The van der Waals surface area contributed by atoms with Gasteiger partial charge in [0.2, 0.25) is 0 Å². The average Bonchev–Trinajstić information content (AvgIpc) is 2.73. The maximum atomic E-state index is 13.9. The number of aromatic nitrogens is 2. The molecule has 4 rings (SSSR count). The van der Waals surface area contributed by atoms with Crippen molar-refractivity contribution in [1.82, 2.24) is 9.55 Å². The molecule has 0 spiro atoms. The maximum Gasteiger partial charge on any atom is 0.350 e. The number of nitrogens with zero attached hydrogens (tertiary/aromatic N) is 2. The molecule has 0 radical (unpaired) electrons. The van der Waals surface area contributed by atoms with Crippen molar-refractivity contribution in [2.24, 2.45) is 0 Å². The van der Waals surface area contributed by atoms with Crippen LogP contribution in [-0.4, -0.2) is 15.6 Å². The summed E-state index contributed by atoms with van der Waals surface area (Å²) in [4.78, 5) is 29.4. The Balaban J connectivity index is 1.74. The van der Waals surface area contributed by atoms with E-state index in [0.717, 1.165) is 5.56 Å². The molecular weight excluding hydrogens is 371 g/mol. The summed E-state index contributed by atoms with van der Waals surface area (Å²) in [5.41, 5.74) is 0.890. The van der Waals surface area contributed by atoms with E-state index in [0.29, 0.717) is 16.7 Å². The van der Waals surface area contributed by atoms with Crippen LogP contribution >= 0.6 is 0 Å². The lowest BCUT2D eigenvalue weighted by molar-refractivity contribution is 0.262. The number of benzene rings is 3. The van der Waals surface area contributed by atoms with Crippen LogP contribution < -0.4 is 16.3 Å². The normalized spacial score (nSPS) is 10.7. The summed E-state index contributed by atoms with van der Waals surface area (Å²) in [6, 6.07) is 21.6. The van der Waals surface area contributed by atoms with Crippen molar-refractivity contribution in [1.29, 1.82) is 0 Å². The second-order valence-corrected chi connectivity index (χ2v) is 6.39. The molecule has 1 aromatic heterocycles. The van der Waals surface area contributed by atoms with Crippen LogP contribution in [-0.2, 0) is 6.54 Å². The first-order valence-electron chi connectivity index (χ1n) is 8.98. The van der Waals surface area contributed by atoms with Crippen LogP contribution in [0.5, 0.6) is 0 Å². The van der Waals surface area contributed by atoms with E-state index in [-0.39, 0.29) is 12.2 Å². The fourth-order valence-electron chi connectivity index (χ4n) is 3.05. The van der Waals surface area contributed by atoms with Crippen LogP contribution in [0.1, 0.15) is 5.56 Å². The molecule has 2 N–H and O–H groups in total. The lowest BCUT2D eigenvalue weighted by Crippen LogP contribution is -2.30. The largest absolute Gasteiger partial charge is 0.350 e. The third kappa shape index (κ3) is 3.98. The Kier molecular flexibility index (Phi) is 5.03. The third-order valence-corrected chi connectivity index (χ3v) is 4.41. The molecule has 0 aliphatic heterocycles. The van der Waals surface area contributed by atoms with E-state index in [1.807, 2.05) is 30.3 Å². The Hall–Kier alpha value is -4.00. The number of para-hydroxylation sites is 2. The Bertz CT molecular complexity index is 1240. The van der Waals surface area contributed by atoms with Gasteiger partial charge in [0.1, 0.15) is 11.6 Å². The molecule has 0 saturated carbocycles. The van der Waals surface area contributed by atoms with Crippen LogP contribution in [0.3, 0.4) is 0 Å². The summed E-state index contributed by atoms with van der Waals surface area (Å²) in [5.74, 6) is -0.262. The molecule has 0 aliphatic rings. The quantitative estimate of drug-likeness (QED) is 0.549. The molecule has 4 aromatic rings. The van der Waals surface area contributed by atoms with Crippen LogP contribution in [0, 0.1) is 5.82 Å². The van der Waals surface area contributed by atoms with Gasteiger partial charge < -0.3 is 5.32 Å². The lowest BCUT2D eigenvalue weighted by atomic mass is 10.2. The van der Waals surface area contributed by atoms with Crippen molar-refractivity contribution < 1.29 is 9.18 Å². The molecule has 6 nitrogen and oxygen atoms in total. The number of urea groups is 1. The average molecular weight is 388 g/mol. The van der Waals surface area contributed by atoms with E-state index in [4.69, 9.17) is 0 Å². The summed E-state index contributed by atoms with van der Waals surface area (Å²) < 4.78 is 15.3. The first kappa shape index (κ1) is 18.4. The molecule has 0 fully saturated rings. The monoisotopic (exact) mass is 388 g/mol. The number of hydrogen-bond donors (Lipinski definition) is 2. The van der Waals surface area contributed by atoms with Gasteiger partial charge in [-0.05, 0) is 29.8 Å². The SMILES string of the molecule is O=C(Nc1ccccc1F)Nc1c2ccccc2nc(=O)n1Cc1ccccc1. The van der Waals surface area contributed by atoms with Crippen LogP contribution in [0.25, 0.3) is 10.9 Å². The molecule has 29 heavy (non-hydrogen) atoms. The third-order valence-electron chi connectivity index (χ3n) is 4.41. The van der Waals surface area contributed by atoms with Gasteiger partial charge in [0.05, 0.1) is 17.7 Å². The van der Waals surface area contributed by atoms with Gasteiger partial charge in [0.25, 0.3) is 0 Å². The first-order valence-corrected chi connectivity index (χ1v) is 8.98. The Labute approximate surface area is 165 Å². The number of hydrogen-bond acceptors (Lipinski definition) is 3. The van der Waals surface area contributed by atoms with Crippen LogP contribution in [0.2, 0.25) is 0 Å². The highest BCUT2D eigenvalue weighted by molar-refractivity contribution is 6.04. The number of nitrogens with one attached hydrogen (secondary N) is 2. The number of anilines is 2. The van der Waals surface area contributed by atoms with Gasteiger partial charge in [-0.15, -0.1) is 0 Å². The summed E-state index contributed by atoms with van der Waals surface area (Å²) in [5, 5.41) is 5.77. The van der Waals surface area contributed by atoms with E-state index in [1.54, 1.807) is 30.3 Å². The number of halogens is 1. The number of rotatable bonds is 4. The Morgan fingerprint density at radius 1 is 0.897 bits per heavy atom. The molecule has 144 valence electrons. The number of carbonyl (C=O) groups excluding carboxylic acids is 1. The van der Waals surface area contributed by atoms with E-state index in [9.17, 15) is 14.0 Å². The molecule has 0 aliphatic carbocycles. The lowest BCUT2D eigenvalue weighted by Gasteiger charge is -2.16. The van der Waals surface area contributed by atoms with E-state index < -0.39 is 17.5 Å². The zero-order valence-corrected chi connectivity index (χ0v) is 15.3. The minimum Gasteiger partial charge on any atom is -0.305 e. The van der Waals surface area contributed by atoms with Crippen molar-refractivity contribution >= 4 is 28.4 Å². The summed E-state index contributed by atoms with van der Waals surface area (Å²) >= 11 is 0. The summed E-state index contributed by atoms with van der Waals surface area (Å²) in [6.45, 7) is 0.229. The zero-order valence-electron chi connectivity index (χ0n) is 15.3. The van der Waals surface area contributed by atoms with Crippen molar-refractivity contribution in [2.45, 2.75) is 6.54 Å². The van der Waals surface area contributed by atoms with Gasteiger partial charge in [-0.1, -0.05) is 54.6 Å². The fraction of sp³-hybridized carbons (Fsp3) is 0.0455. The van der Waals surface area contributed by atoms with Crippen molar-refractivity contribution in [2.75, 3.05) is 10.6 Å². The van der Waals surface area contributed by atoms with Crippen LogP contribution in [0.15, 0.2) is 83.7 Å². The maximum absolute atomic E-state index is 13.9. The molecule has 0 atom stereocenters. The number of fused-ring (bicyclic) bond motifs is 1. The van der Waals surface area contributed by atoms with Crippen molar-refractivity contribution in [3.05, 3.63) is 101 Å². The molecule has 3 aromatic carbocycles. The van der Waals surface area contributed by atoms with Gasteiger partial charge in [-0.3, -0.25) is 9.88 Å². The highest BCUT2D eigenvalue weighted by Crippen LogP contribution is 2.21. The second-order valence-electron chi connectivity index (χ2n) is 6.39. The highest BCUT2D eigenvalue weighted by atomic mass is 19.1. The van der Waals surface area contributed by atoms with Gasteiger partial charge in [-0.25, -0.2) is 14.0 Å². The smallest absolute Gasteiger partial charge is 0.305 e. The minimum atomic E-state index is -0.660. The van der Waals surface area contributed by atoms with E-state index >= 15 is 0 Å². The minimum absolute atomic E-state index is 0.0420. The zero-order chi connectivity index (χ0) is 20.2. The fourth-order valence-corrected chi connectivity index (χ4v) is 3.05. The van der Waals surface area contributed by atoms with Gasteiger partial charge >= 0.3 is 11.7 Å². The van der Waals surface area contributed by atoms with Crippen molar-refractivity contribution in [3.8, 4) is 0 Å². The van der Waals surface area contributed by atoms with Gasteiger partial charge in [0.15, 0.2) is 0 Å². The predicted octanol–water partition coefficient (Wildman–Crippen LogP) is 4.23. The van der Waals surface area contributed by atoms with Crippen molar-refractivity contribution in [3.63, 3.8) is 0 Å². The van der Waals surface area contributed by atoms with E-state index in [1.165, 1.54) is 22.8 Å². The Morgan fingerprint density at radius 3 is 2.38 bits per heavy atom. The predicted molar refractivity (Wildman–Crippen MR) is 111 cm³/mol. The molecule has 1 heterocycles.